The summed E-state index contributed by atoms with van der Waals surface area (Å²) < 4.78 is 46.7. The van der Waals surface area contributed by atoms with Crippen LogP contribution in [0.5, 0.6) is 0 Å². The Labute approximate surface area is 228 Å². The van der Waals surface area contributed by atoms with Crippen LogP contribution in [0.1, 0.15) is 56.2 Å². The molecule has 6 nitrogen and oxygen atoms in total. The van der Waals surface area contributed by atoms with Crippen molar-refractivity contribution in [2.45, 2.75) is 62.1 Å². The predicted molar refractivity (Wildman–Crippen MR) is 147 cm³/mol. The zero-order valence-corrected chi connectivity index (χ0v) is 23.4. The smallest absolute Gasteiger partial charge is 0.330 e. The number of likely N-dealkylation sites (tertiary alicyclic amines) is 1. The summed E-state index contributed by atoms with van der Waals surface area (Å²) in [6, 6.07) is 12.2. The minimum atomic E-state index is -3.70. The van der Waals surface area contributed by atoms with E-state index in [1.165, 1.54) is 12.1 Å². The summed E-state index contributed by atoms with van der Waals surface area (Å²) in [7, 11) is -2.89. The molecule has 2 aromatic carbocycles. The van der Waals surface area contributed by atoms with Crippen molar-refractivity contribution < 1.29 is 27.1 Å². The summed E-state index contributed by atoms with van der Waals surface area (Å²) in [4.78, 5) is 28.1. The van der Waals surface area contributed by atoms with Crippen LogP contribution in [0.3, 0.4) is 0 Å². The third-order valence-corrected chi connectivity index (χ3v) is 10.8. The van der Waals surface area contributed by atoms with Crippen molar-refractivity contribution in [3.8, 4) is 0 Å². The van der Waals surface area contributed by atoms with Gasteiger partial charge in [-0.05, 0) is 67.2 Å². The number of aryl methyl sites for hydroxylation is 1. The molecule has 0 aromatic heterocycles. The van der Waals surface area contributed by atoms with Crippen LogP contribution in [0.15, 0.2) is 65.1 Å². The third kappa shape index (κ3) is 7.12. The lowest BCUT2D eigenvalue weighted by atomic mass is 9.93. The van der Waals surface area contributed by atoms with E-state index in [2.05, 4.69) is 0 Å². The van der Waals surface area contributed by atoms with Crippen LogP contribution >= 0.6 is 10.8 Å². The quantitative estimate of drug-likeness (QED) is 0.153. The minimum Gasteiger partial charge on any atom is -0.463 e. The molecule has 0 radical (unpaired) electrons. The van der Waals surface area contributed by atoms with Crippen LogP contribution in [0, 0.1) is 18.7 Å². The van der Waals surface area contributed by atoms with E-state index in [0.29, 0.717) is 24.1 Å². The van der Waals surface area contributed by atoms with Gasteiger partial charge < -0.3 is 4.74 Å². The third-order valence-electron chi connectivity index (χ3n) is 6.89. The van der Waals surface area contributed by atoms with Gasteiger partial charge in [-0.15, -0.1) is 0 Å². The van der Waals surface area contributed by atoms with E-state index in [1.54, 1.807) is 42.5 Å². The molecule has 0 amide bonds. The first kappa shape index (κ1) is 28.5. The molecule has 0 spiro atoms. The Morgan fingerprint density at radius 3 is 2.50 bits per heavy atom. The number of carbonyl (C=O) groups excluding carboxylic acids is 2. The molecule has 2 fully saturated rings. The Morgan fingerprint density at radius 2 is 1.84 bits per heavy atom. The number of esters is 1. The van der Waals surface area contributed by atoms with Gasteiger partial charge in [0.25, 0.3) is 0 Å². The summed E-state index contributed by atoms with van der Waals surface area (Å²) in [5.41, 5.74) is 1.83. The van der Waals surface area contributed by atoms with Gasteiger partial charge in [0.05, 0.1) is 17.5 Å². The second-order valence-corrected chi connectivity index (χ2v) is 14.0. The van der Waals surface area contributed by atoms with Crippen LogP contribution in [0.2, 0.25) is 0 Å². The number of halogens is 1. The monoisotopic (exact) mass is 559 g/mol. The van der Waals surface area contributed by atoms with Gasteiger partial charge in [0.1, 0.15) is 5.82 Å². The first-order valence-electron chi connectivity index (χ1n) is 13.1. The standard InChI is InChI=1S/C29H34FNO5S2/c1-3-4-17-36-27(32)18-22-19-31(28(29(33)21-11-12-21)24-7-5-6-8-25(24)30)16-15-26(22)37-38(34,35)23-13-9-20(2)10-14-23/h5-10,13-14,18,21,26,28H,3-4,11-12,15-17,19H2,1-2H3/b22-18-. The zero-order chi connectivity index (χ0) is 27.3. The number of piperidine rings is 1. The van der Waals surface area contributed by atoms with Crippen molar-refractivity contribution in [1.82, 2.24) is 4.90 Å². The number of rotatable bonds is 11. The number of hydrogen-bond acceptors (Lipinski definition) is 7. The molecule has 2 unspecified atom stereocenters. The molecule has 9 heteroatoms. The maximum absolute atomic E-state index is 14.9. The van der Waals surface area contributed by atoms with Crippen LogP contribution in [0.4, 0.5) is 4.39 Å². The number of nitrogens with zero attached hydrogens (tertiary/aromatic N) is 1. The molecule has 1 heterocycles. The lowest BCUT2D eigenvalue weighted by Gasteiger charge is -2.38. The van der Waals surface area contributed by atoms with Crippen LogP contribution in [-0.2, 0) is 23.2 Å². The molecule has 2 aliphatic rings. The summed E-state index contributed by atoms with van der Waals surface area (Å²) in [5, 5.41) is -0.506. The van der Waals surface area contributed by atoms with Gasteiger partial charge in [-0.1, -0.05) is 49.2 Å². The van der Waals surface area contributed by atoms with E-state index in [1.807, 2.05) is 18.7 Å². The molecule has 0 bridgehead atoms. The molecule has 0 N–H and O–H groups in total. The number of unbranched alkanes of at least 4 members (excludes halogenated alkanes) is 1. The van der Waals surface area contributed by atoms with Crippen molar-refractivity contribution >= 4 is 31.4 Å². The van der Waals surface area contributed by atoms with Gasteiger partial charge in [-0.2, -0.15) is 0 Å². The molecular formula is C29H34FNO5S2. The maximum atomic E-state index is 14.9. The molecule has 4 rings (SSSR count). The van der Waals surface area contributed by atoms with Crippen LogP contribution in [0.25, 0.3) is 0 Å². The highest BCUT2D eigenvalue weighted by Gasteiger charge is 2.42. The second kappa shape index (κ2) is 12.6. The second-order valence-electron chi connectivity index (χ2n) is 9.95. The van der Waals surface area contributed by atoms with Gasteiger partial charge in [-0.25, -0.2) is 17.6 Å². The molecule has 204 valence electrons. The van der Waals surface area contributed by atoms with Crippen LogP contribution in [-0.4, -0.2) is 50.0 Å². The molecule has 2 aromatic rings. The summed E-state index contributed by atoms with van der Waals surface area (Å²) in [5.74, 6) is -1.11. The first-order chi connectivity index (χ1) is 18.2. The fourth-order valence-corrected chi connectivity index (χ4v) is 8.19. The first-order valence-corrected chi connectivity index (χ1v) is 16.0. The van der Waals surface area contributed by atoms with Crippen molar-refractivity contribution in [3.05, 3.63) is 77.1 Å². The molecule has 2 atom stereocenters. The summed E-state index contributed by atoms with van der Waals surface area (Å²) in [6.07, 6.45) is 4.93. The van der Waals surface area contributed by atoms with Gasteiger partial charge in [0.15, 0.2) is 5.78 Å². The highest BCUT2D eigenvalue weighted by Crippen LogP contribution is 2.42. The van der Waals surface area contributed by atoms with E-state index in [9.17, 15) is 22.4 Å². The fraction of sp³-hybridized carbons (Fsp3) is 0.448. The Bertz CT molecular complexity index is 1290. The number of ether oxygens (including phenoxy) is 1. The number of hydrogen-bond donors (Lipinski definition) is 0. The van der Waals surface area contributed by atoms with Crippen molar-refractivity contribution in [1.29, 1.82) is 0 Å². The van der Waals surface area contributed by atoms with Gasteiger partial charge >= 0.3 is 5.97 Å². The normalized spacial score (nSPS) is 20.3. The minimum absolute atomic E-state index is 0.0293. The molecule has 1 aliphatic heterocycles. The summed E-state index contributed by atoms with van der Waals surface area (Å²) in [6.45, 7) is 4.72. The van der Waals surface area contributed by atoms with E-state index < -0.39 is 31.9 Å². The lowest BCUT2D eigenvalue weighted by Crippen LogP contribution is -2.43. The Morgan fingerprint density at radius 1 is 1.13 bits per heavy atom. The lowest BCUT2D eigenvalue weighted by molar-refractivity contribution is -0.137. The predicted octanol–water partition coefficient (Wildman–Crippen LogP) is 5.62. The molecular weight excluding hydrogens is 525 g/mol. The number of carbonyl (C=O) groups is 2. The number of ketones is 1. The van der Waals surface area contributed by atoms with E-state index in [0.717, 1.165) is 42.0 Å². The van der Waals surface area contributed by atoms with Gasteiger partial charge in [0.2, 0.25) is 8.87 Å². The summed E-state index contributed by atoms with van der Waals surface area (Å²) >= 11 is 0. The number of Topliss-reactive ketones (excluding diaryl/α,β-unsaturated/α-hetero) is 1. The van der Waals surface area contributed by atoms with E-state index in [4.69, 9.17) is 4.74 Å². The molecule has 1 aliphatic carbocycles. The Balaban J connectivity index is 1.62. The van der Waals surface area contributed by atoms with Gasteiger partial charge in [0, 0.05) is 35.9 Å². The highest BCUT2D eigenvalue weighted by molar-refractivity contribution is 8.72. The van der Waals surface area contributed by atoms with E-state index in [-0.39, 0.29) is 29.7 Å². The fourth-order valence-electron chi connectivity index (χ4n) is 4.59. The SMILES string of the molecule is CCCCOC(=O)/C=C1/CN(C(C(=O)C2CC2)c2ccccc2F)CCC1SS(=O)(=O)c1ccc(C)cc1. The highest BCUT2D eigenvalue weighted by atomic mass is 33.1. The Kier molecular flexibility index (Phi) is 9.44. The average molecular weight is 560 g/mol. The van der Waals surface area contributed by atoms with E-state index >= 15 is 0 Å². The van der Waals surface area contributed by atoms with Crippen molar-refractivity contribution in [2.24, 2.45) is 5.92 Å². The van der Waals surface area contributed by atoms with Crippen molar-refractivity contribution in [2.75, 3.05) is 19.7 Å². The Hall–Kier alpha value is -2.49. The molecule has 1 saturated heterocycles. The number of benzene rings is 2. The maximum Gasteiger partial charge on any atom is 0.330 e. The van der Waals surface area contributed by atoms with Gasteiger partial charge in [-0.3, -0.25) is 9.69 Å². The average Bonchev–Trinajstić information content (AvgIpc) is 3.73. The molecule has 1 saturated carbocycles. The van der Waals surface area contributed by atoms with Crippen molar-refractivity contribution in [3.63, 3.8) is 0 Å². The zero-order valence-electron chi connectivity index (χ0n) is 21.8. The molecule has 38 heavy (non-hydrogen) atoms. The topological polar surface area (TPSA) is 80.8 Å². The largest absolute Gasteiger partial charge is 0.463 e. The van der Waals surface area contributed by atoms with Crippen LogP contribution < -0.4 is 0 Å².